The molecule has 0 saturated heterocycles. The molecule has 0 atom stereocenters. The Hall–Kier alpha value is -1.44. The van der Waals surface area contributed by atoms with Crippen LogP contribution in [-0.2, 0) is 9.47 Å². The Morgan fingerprint density at radius 1 is 0.600 bits per heavy atom. The third-order valence-corrected chi connectivity index (χ3v) is 0.385. The highest BCUT2D eigenvalue weighted by Gasteiger charge is 1.46. The minimum absolute atomic E-state index is 1.31. The van der Waals surface area contributed by atoms with E-state index in [-0.39, 0.29) is 0 Å². The van der Waals surface area contributed by atoms with E-state index >= 15 is 0 Å². The smallest absolute Gasteiger partial charge is 0.0829 e. The van der Waals surface area contributed by atoms with Crippen molar-refractivity contribution in [2.75, 3.05) is 0 Å². The largest absolute Gasteiger partial charge is 0.474 e. The minimum atomic E-state index is 1.31. The zero-order valence-corrected chi connectivity index (χ0v) is 5.95. The molecule has 0 aromatic heterocycles. The molecule has 0 rings (SSSR count). The number of hydrogen-bond acceptors (Lipinski definition) is 2. The molecule has 0 aliphatic rings. The highest BCUT2D eigenvalue weighted by Crippen LogP contribution is 1.66. The molecular weight excluding hydrogens is 128 g/mol. The normalized spacial score (nSPS) is 5.60. The van der Waals surface area contributed by atoms with Gasteiger partial charge in [-0.2, -0.15) is 0 Å². The zero-order chi connectivity index (χ0) is 8.24. The predicted molar refractivity (Wildman–Crippen MR) is 43.0 cm³/mol. The van der Waals surface area contributed by atoms with Crippen LogP contribution < -0.4 is 0 Å². The van der Waals surface area contributed by atoms with Crippen molar-refractivity contribution in [3.8, 4) is 0 Å². The predicted octanol–water partition coefficient (Wildman–Crippen LogP) is 2.58. The lowest BCUT2D eigenvalue weighted by Crippen LogP contribution is -1.52. The van der Waals surface area contributed by atoms with Crippen molar-refractivity contribution < 1.29 is 9.47 Å². The molecule has 0 saturated carbocycles. The second kappa shape index (κ2) is 15.6. The van der Waals surface area contributed by atoms with Crippen LogP contribution in [0.25, 0.3) is 0 Å². The molecule has 0 aliphatic carbocycles. The van der Waals surface area contributed by atoms with Gasteiger partial charge in [0, 0.05) is 0 Å². The maximum Gasteiger partial charge on any atom is 0.0829 e. The van der Waals surface area contributed by atoms with E-state index < -0.39 is 0 Å². The lowest BCUT2D eigenvalue weighted by atomic mass is 11.1. The molecule has 2 nitrogen and oxygen atoms in total. The lowest BCUT2D eigenvalue weighted by Gasteiger charge is -1.76. The Morgan fingerprint density at radius 2 is 0.800 bits per heavy atom. The Bertz CT molecular complexity index is 79.8. The van der Waals surface area contributed by atoms with Crippen LogP contribution in [0.2, 0.25) is 0 Å². The summed E-state index contributed by atoms with van der Waals surface area (Å²) in [6.07, 6.45) is 5.25. The van der Waals surface area contributed by atoms with Crippen LogP contribution in [0.4, 0.5) is 0 Å². The third kappa shape index (κ3) is 30.9. The van der Waals surface area contributed by atoms with E-state index in [1.54, 1.807) is 0 Å². The number of ether oxygens (including phenoxy) is 2. The van der Waals surface area contributed by atoms with Gasteiger partial charge < -0.3 is 9.47 Å². The molecule has 0 radical (unpaired) electrons. The molecule has 0 amide bonds. The molecule has 0 aliphatic heterocycles. The first-order valence-electron chi connectivity index (χ1n) is 2.58. The molecule has 0 heterocycles. The van der Waals surface area contributed by atoms with E-state index in [9.17, 15) is 0 Å². The summed E-state index contributed by atoms with van der Waals surface area (Å²) in [6, 6.07) is 0. The average Bonchev–Trinajstić information content (AvgIpc) is 1.93. The van der Waals surface area contributed by atoms with Gasteiger partial charge in [0.05, 0.1) is 25.0 Å². The molecule has 0 aromatic rings. The zero-order valence-electron chi connectivity index (χ0n) is 5.95. The van der Waals surface area contributed by atoms with Gasteiger partial charge in [-0.3, -0.25) is 0 Å². The van der Waals surface area contributed by atoms with Crippen LogP contribution in [0.15, 0.2) is 51.4 Å². The van der Waals surface area contributed by atoms with Crippen molar-refractivity contribution in [1.29, 1.82) is 0 Å². The molecule has 0 unspecified atom stereocenters. The molecule has 10 heavy (non-hydrogen) atoms. The second-order valence-corrected chi connectivity index (χ2v) is 0.939. The Kier molecular flexibility index (Phi) is 17.8. The molecule has 56 valence electrons. The summed E-state index contributed by atoms with van der Waals surface area (Å²) in [7, 11) is 0. The van der Waals surface area contributed by atoms with E-state index in [0.29, 0.717) is 0 Å². The molecule has 0 fully saturated rings. The van der Waals surface area contributed by atoms with Gasteiger partial charge in [0.15, 0.2) is 0 Å². The van der Waals surface area contributed by atoms with E-state index in [2.05, 4.69) is 35.8 Å². The fourth-order valence-corrected chi connectivity index (χ4v) is 0.136. The summed E-state index contributed by atoms with van der Waals surface area (Å²) in [5, 5.41) is 0. The van der Waals surface area contributed by atoms with E-state index in [1.165, 1.54) is 25.0 Å². The molecule has 0 spiro atoms. The highest BCUT2D eigenvalue weighted by molar-refractivity contribution is 4.57. The van der Waals surface area contributed by atoms with Gasteiger partial charge in [-0.05, 0) is 0 Å². The van der Waals surface area contributed by atoms with Gasteiger partial charge in [0.25, 0.3) is 0 Å². The van der Waals surface area contributed by atoms with Gasteiger partial charge in [-0.1, -0.05) is 26.3 Å². The highest BCUT2D eigenvalue weighted by atomic mass is 16.5. The first kappa shape index (κ1) is 11.4. The fourth-order valence-electron chi connectivity index (χ4n) is 0.136. The van der Waals surface area contributed by atoms with Crippen LogP contribution in [0, 0.1) is 0 Å². The van der Waals surface area contributed by atoms with E-state index in [0.717, 1.165) is 0 Å². The standard InChI is InChI=1S/2C4H6O/c2*1-3-5-4-2/h2*3-4H,1-2H2. The quantitative estimate of drug-likeness (QED) is 0.559. The third-order valence-electron chi connectivity index (χ3n) is 0.385. The monoisotopic (exact) mass is 140 g/mol. The summed E-state index contributed by atoms with van der Waals surface area (Å²) < 4.78 is 8.72. The van der Waals surface area contributed by atoms with E-state index in [1.807, 2.05) is 0 Å². The van der Waals surface area contributed by atoms with Gasteiger partial charge in [-0.15, -0.1) is 0 Å². The summed E-state index contributed by atoms with van der Waals surface area (Å²) in [6.45, 7) is 13.0. The lowest BCUT2D eigenvalue weighted by molar-refractivity contribution is 0.406. The Balaban J connectivity index is 0. The molecule has 0 N–H and O–H groups in total. The first-order chi connectivity index (χ1) is 4.83. The SMILES string of the molecule is C=COC=C.C=COC=C. The van der Waals surface area contributed by atoms with Crippen molar-refractivity contribution >= 4 is 0 Å². The Labute approximate surface area is 61.8 Å². The van der Waals surface area contributed by atoms with Crippen molar-refractivity contribution in [3.05, 3.63) is 51.4 Å². The van der Waals surface area contributed by atoms with Crippen molar-refractivity contribution in [1.82, 2.24) is 0 Å². The summed E-state index contributed by atoms with van der Waals surface area (Å²) in [5.74, 6) is 0. The molecule has 2 heteroatoms. The topological polar surface area (TPSA) is 18.5 Å². The fraction of sp³-hybridized carbons (Fsp3) is 0. The van der Waals surface area contributed by atoms with Crippen LogP contribution in [-0.4, -0.2) is 0 Å². The summed E-state index contributed by atoms with van der Waals surface area (Å²) in [4.78, 5) is 0. The maximum absolute atomic E-state index is 4.36. The van der Waals surface area contributed by atoms with Crippen LogP contribution in [0.3, 0.4) is 0 Å². The molecular formula is C8H12O2. The van der Waals surface area contributed by atoms with E-state index in [4.69, 9.17) is 0 Å². The van der Waals surface area contributed by atoms with Crippen molar-refractivity contribution in [2.45, 2.75) is 0 Å². The average molecular weight is 140 g/mol. The number of hydrogen-bond donors (Lipinski definition) is 0. The van der Waals surface area contributed by atoms with Crippen LogP contribution in [0.5, 0.6) is 0 Å². The van der Waals surface area contributed by atoms with Gasteiger partial charge >= 0.3 is 0 Å². The molecule has 0 aromatic carbocycles. The molecule has 0 bridgehead atoms. The van der Waals surface area contributed by atoms with Crippen molar-refractivity contribution in [2.24, 2.45) is 0 Å². The summed E-state index contributed by atoms with van der Waals surface area (Å²) >= 11 is 0. The second-order valence-electron chi connectivity index (χ2n) is 0.939. The van der Waals surface area contributed by atoms with Crippen LogP contribution >= 0.6 is 0 Å². The number of rotatable bonds is 4. The van der Waals surface area contributed by atoms with Gasteiger partial charge in [0.2, 0.25) is 0 Å². The van der Waals surface area contributed by atoms with Crippen LogP contribution in [0.1, 0.15) is 0 Å². The maximum atomic E-state index is 4.36. The minimum Gasteiger partial charge on any atom is -0.474 e. The first-order valence-corrected chi connectivity index (χ1v) is 2.58. The van der Waals surface area contributed by atoms with Gasteiger partial charge in [0.1, 0.15) is 0 Å². The van der Waals surface area contributed by atoms with Crippen molar-refractivity contribution in [3.63, 3.8) is 0 Å². The Morgan fingerprint density at radius 3 is 0.800 bits per heavy atom. The van der Waals surface area contributed by atoms with Gasteiger partial charge in [-0.25, -0.2) is 0 Å². The summed E-state index contributed by atoms with van der Waals surface area (Å²) in [5.41, 5.74) is 0.